The molecule has 0 saturated heterocycles. The highest BCUT2D eigenvalue weighted by Gasteiger charge is 2.22. The van der Waals surface area contributed by atoms with Gasteiger partial charge in [-0.3, -0.25) is 0 Å². The van der Waals surface area contributed by atoms with Crippen LogP contribution in [0, 0.1) is 5.92 Å². The van der Waals surface area contributed by atoms with Gasteiger partial charge < -0.3 is 14.8 Å². The van der Waals surface area contributed by atoms with Crippen molar-refractivity contribution in [3.05, 3.63) is 59.7 Å². The van der Waals surface area contributed by atoms with Crippen molar-refractivity contribution in [2.45, 2.75) is 51.3 Å². The normalized spacial score (nSPS) is 25.6. The Kier molecular flexibility index (Phi) is 4.93. The summed E-state index contributed by atoms with van der Waals surface area (Å²) in [4.78, 5) is 0. The van der Waals surface area contributed by atoms with Gasteiger partial charge in [0.2, 0.25) is 0 Å². The number of hydrogen-bond acceptors (Lipinski definition) is 3. The Bertz CT molecular complexity index is 689. The van der Waals surface area contributed by atoms with Crippen LogP contribution in [0.5, 0.6) is 11.5 Å². The fraction of sp³-hybridized carbons (Fsp3) is 0.455. The van der Waals surface area contributed by atoms with Crippen molar-refractivity contribution >= 4 is 0 Å². The van der Waals surface area contributed by atoms with Crippen molar-refractivity contribution in [2.75, 3.05) is 6.61 Å². The average molecular weight is 337 g/mol. The number of fused-ring (bicyclic) bond motifs is 1. The smallest absolute Gasteiger partial charge is 0.162 e. The molecule has 0 radical (unpaired) electrons. The maximum atomic E-state index is 6.08. The van der Waals surface area contributed by atoms with Crippen LogP contribution >= 0.6 is 0 Å². The number of hydrogen-bond donors (Lipinski definition) is 1. The molecule has 1 N–H and O–H groups in total. The SMILES string of the molecule is CC1CCC(NCc2ccc([C@H]3COc4ccccc4O3)cc2)CC1. The highest BCUT2D eigenvalue weighted by Crippen LogP contribution is 2.35. The van der Waals surface area contributed by atoms with Crippen LogP contribution in [0.4, 0.5) is 0 Å². The van der Waals surface area contributed by atoms with Gasteiger partial charge in [0.05, 0.1) is 0 Å². The van der Waals surface area contributed by atoms with E-state index in [0.717, 1.165) is 24.0 Å². The molecule has 1 aliphatic heterocycles. The first-order valence-corrected chi connectivity index (χ1v) is 9.48. The third-order valence-electron chi connectivity index (χ3n) is 5.47. The van der Waals surface area contributed by atoms with E-state index in [1.165, 1.54) is 36.8 Å². The molecular weight excluding hydrogens is 310 g/mol. The minimum Gasteiger partial charge on any atom is -0.485 e. The number of rotatable bonds is 4. The molecule has 3 heteroatoms. The molecule has 3 nitrogen and oxygen atoms in total. The Balaban J connectivity index is 1.33. The topological polar surface area (TPSA) is 30.5 Å². The Morgan fingerprint density at radius 2 is 1.64 bits per heavy atom. The highest BCUT2D eigenvalue weighted by molar-refractivity contribution is 5.41. The van der Waals surface area contributed by atoms with Gasteiger partial charge in [-0.1, -0.05) is 43.3 Å². The zero-order valence-corrected chi connectivity index (χ0v) is 14.9. The molecule has 0 bridgehead atoms. The lowest BCUT2D eigenvalue weighted by molar-refractivity contribution is 0.0913. The van der Waals surface area contributed by atoms with Crippen LogP contribution in [0.25, 0.3) is 0 Å². The van der Waals surface area contributed by atoms with E-state index in [9.17, 15) is 0 Å². The van der Waals surface area contributed by atoms with Gasteiger partial charge in [0.15, 0.2) is 17.6 Å². The van der Waals surface area contributed by atoms with Crippen molar-refractivity contribution in [2.24, 2.45) is 5.92 Å². The van der Waals surface area contributed by atoms with Gasteiger partial charge in [-0.25, -0.2) is 0 Å². The van der Waals surface area contributed by atoms with Crippen LogP contribution in [0.3, 0.4) is 0 Å². The van der Waals surface area contributed by atoms with E-state index < -0.39 is 0 Å². The molecule has 1 fully saturated rings. The lowest BCUT2D eigenvalue weighted by Gasteiger charge is -2.27. The molecule has 1 saturated carbocycles. The molecular formula is C22H27NO2. The van der Waals surface area contributed by atoms with Crippen molar-refractivity contribution in [3.8, 4) is 11.5 Å². The van der Waals surface area contributed by atoms with Crippen LogP contribution < -0.4 is 14.8 Å². The summed E-state index contributed by atoms with van der Waals surface area (Å²) in [6.07, 6.45) is 5.31. The highest BCUT2D eigenvalue weighted by atomic mass is 16.6. The predicted octanol–water partition coefficient (Wildman–Crippen LogP) is 4.87. The summed E-state index contributed by atoms with van der Waals surface area (Å²) >= 11 is 0. The second-order valence-electron chi connectivity index (χ2n) is 7.44. The summed E-state index contributed by atoms with van der Waals surface area (Å²) in [5.74, 6) is 2.57. The molecule has 1 aliphatic carbocycles. The Morgan fingerprint density at radius 3 is 2.40 bits per heavy atom. The molecule has 0 spiro atoms. The van der Waals surface area contributed by atoms with Gasteiger partial charge in [0.1, 0.15) is 6.61 Å². The lowest BCUT2D eigenvalue weighted by Crippen LogP contribution is -2.32. The Hall–Kier alpha value is -2.00. The molecule has 25 heavy (non-hydrogen) atoms. The number of nitrogens with one attached hydrogen (secondary N) is 1. The maximum absolute atomic E-state index is 6.08. The Labute approximate surface area is 150 Å². The van der Waals surface area contributed by atoms with Gasteiger partial charge in [0, 0.05) is 12.6 Å². The fourth-order valence-corrected chi connectivity index (χ4v) is 3.76. The van der Waals surface area contributed by atoms with Crippen LogP contribution in [-0.4, -0.2) is 12.6 Å². The van der Waals surface area contributed by atoms with Gasteiger partial charge >= 0.3 is 0 Å². The van der Waals surface area contributed by atoms with E-state index in [-0.39, 0.29) is 6.10 Å². The molecule has 0 unspecified atom stereocenters. The molecule has 2 aromatic rings. The van der Waals surface area contributed by atoms with Crippen LogP contribution in [-0.2, 0) is 6.54 Å². The number of benzene rings is 2. The Morgan fingerprint density at radius 1 is 0.920 bits per heavy atom. The fourth-order valence-electron chi connectivity index (χ4n) is 3.76. The standard InChI is InChI=1S/C22H27NO2/c1-16-6-12-19(13-7-16)23-14-17-8-10-18(11-9-17)22-15-24-20-4-2-3-5-21(20)25-22/h2-5,8-11,16,19,22-23H,6-7,12-15H2,1H3/t16?,19?,22-/m1/s1. The first kappa shape index (κ1) is 16.5. The molecule has 2 aliphatic rings. The second kappa shape index (κ2) is 7.49. The average Bonchev–Trinajstić information content (AvgIpc) is 2.68. The largest absolute Gasteiger partial charge is 0.485 e. The lowest BCUT2D eigenvalue weighted by atomic mass is 9.87. The maximum Gasteiger partial charge on any atom is 0.162 e. The summed E-state index contributed by atoms with van der Waals surface area (Å²) in [6.45, 7) is 3.88. The van der Waals surface area contributed by atoms with E-state index in [4.69, 9.17) is 9.47 Å². The summed E-state index contributed by atoms with van der Waals surface area (Å²) < 4.78 is 11.9. The minimum atomic E-state index is -0.0308. The molecule has 0 amide bonds. The summed E-state index contributed by atoms with van der Waals surface area (Å²) in [7, 11) is 0. The van der Waals surface area contributed by atoms with Crippen molar-refractivity contribution in [3.63, 3.8) is 0 Å². The molecule has 1 atom stereocenters. The third-order valence-corrected chi connectivity index (χ3v) is 5.47. The predicted molar refractivity (Wildman–Crippen MR) is 100 cm³/mol. The summed E-state index contributed by atoms with van der Waals surface area (Å²) in [5, 5.41) is 3.71. The van der Waals surface area contributed by atoms with Crippen LogP contribution in [0.1, 0.15) is 49.8 Å². The van der Waals surface area contributed by atoms with Crippen molar-refractivity contribution in [1.29, 1.82) is 0 Å². The molecule has 1 heterocycles. The van der Waals surface area contributed by atoms with Crippen LogP contribution in [0.2, 0.25) is 0 Å². The van der Waals surface area contributed by atoms with Crippen LogP contribution in [0.15, 0.2) is 48.5 Å². The first-order valence-electron chi connectivity index (χ1n) is 9.48. The number of para-hydroxylation sites is 2. The van der Waals surface area contributed by atoms with E-state index >= 15 is 0 Å². The minimum absolute atomic E-state index is 0.0308. The third kappa shape index (κ3) is 3.98. The first-order chi connectivity index (χ1) is 12.3. The van der Waals surface area contributed by atoms with Crippen molar-refractivity contribution < 1.29 is 9.47 Å². The van der Waals surface area contributed by atoms with Gasteiger partial charge in [-0.05, 0) is 54.9 Å². The number of ether oxygens (including phenoxy) is 2. The molecule has 132 valence electrons. The monoisotopic (exact) mass is 337 g/mol. The van der Waals surface area contributed by atoms with Gasteiger partial charge in [0.25, 0.3) is 0 Å². The van der Waals surface area contributed by atoms with E-state index in [0.29, 0.717) is 12.6 Å². The molecule has 2 aromatic carbocycles. The van der Waals surface area contributed by atoms with E-state index in [1.807, 2.05) is 24.3 Å². The van der Waals surface area contributed by atoms with E-state index in [1.54, 1.807) is 0 Å². The quantitative estimate of drug-likeness (QED) is 0.863. The van der Waals surface area contributed by atoms with Gasteiger partial charge in [-0.2, -0.15) is 0 Å². The van der Waals surface area contributed by atoms with E-state index in [2.05, 4.69) is 36.5 Å². The zero-order chi connectivity index (χ0) is 17.1. The van der Waals surface area contributed by atoms with Crippen molar-refractivity contribution in [1.82, 2.24) is 5.32 Å². The van der Waals surface area contributed by atoms with Gasteiger partial charge in [-0.15, -0.1) is 0 Å². The zero-order valence-electron chi connectivity index (χ0n) is 14.9. The molecule has 4 rings (SSSR count). The molecule has 0 aromatic heterocycles. The summed E-state index contributed by atoms with van der Waals surface area (Å²) in [5.41, 5.74) is 2.50. The summed E-state index contributed by atoms with van der Waals surface area (Å²) in [6, 6.07) is 17.3. The second-order valence-corrected chi connectivity index (χ2v) is 7.44.